The Bertz CT molecular complexity index is 501. The summed E-state index contributed by atoms with van der Waals surface area (Å²) >= 11 is 0. The summed E-state index contributed by atoms with van der Waals surface area (Å²) in [5.41, 5.74) is 4.10. The number of anilines is 1. The Kier molecular flexibility index (Phi) is 4.80. The molecule has 0 aliphatic rings. The van der Waals surface area contributed by atoms with Gasteiger partial charge in [-0.25, -0.2) is 4.39 Å². The van der Waals surface area contributed by atoms with Crippen molar-refractivity contribution in [3.8, 4) is 0 Å². The lowest BCUT2D eigenvalue weighted by Gasteiger charge is -2.15. The first-order chi connectivity index (χ1) is 8.92. The molecule has 1 aromatic rings. The molecule has 0 aliphatic carbocycles. The van der Waals surface area contributed by atoms with Gasteiger partial charge in [-0.3, -0.25) is 14.9 Å². The highest BCUT2D eigenvalue weighted by atomic mass is 19.1. The fourth-order valence-corrected chi connectivity index (χ4v) is 1.72. The number of benzene rings is 1. The van der Waals surface area contributed by atoms with Crippen molar-refractivity contribution in [1.29, 1.82) is 0 Å². The third-order valence-corrected chi connectivity index (χ3v) is 2.92. The van der Waals surface area contributed by atoms with E-state index in [1.165, 1.54) is 0 Å². The lowest BCUT2D eigenvalue weighted by molar-refractivity contribution is -0.384. The minimum Gasteiger partial charge on any atom is -0.392 e. The SMILES string of the molecule is CCC(CC)NC(=O)c1c(F)ccc([N+](=O)[O-])c1N. The van der Waals surface area contributed by atoms with Crippen LogP contribution in [0.4, 0.5) is 15.8 Å². The number of nitrogen functional groups attached to an aromatic ring is 1. The molecule has 0 aliphatic heterocycles. The lowest BCUT2D eigenvalue weighted by atomic mass is 10.1. The van der Waals surface area contributed by atoms with Gasteiger partial charge in [-0.2, -0.15) is 0 Å². The molecule has 1 rings (SSSR count). The van der Waals surface area contributed by atoms with Gasteiger partial charge in [0.15, 0.2) is 0 Å². The molecule has 0 radical (unpaired) electrons. The second kappa shape index (κ2) is 6.12. The lowest BCUT2D eigenvalue weighted by Crippen LogP contribution is -2.34. The molecule has 0 bridgehead atoms. The van der Waals surface area contributed by atoms with E-state index in [1.54, 1.807) is 0 Å². The van der Waals surface area contributed by atoms with E-state index in [-0.39, 0.29) is 6.04 Å². The van der Waals surface area contributed by atoms with E-state index < -0.39 is 33.6 Å². The van der Waals surface area contributed by atoms with E-state index in [0.717, 1.165) is 12.1 Å². The topological polar surface area (TPSA) is 98.3 Å². The van der Waals surface area contributed by atoms with E-state index in [2.05, 4.69) is 5.32 Å². The first-order valence-electron chi connectivity index (χ1n) is 5.95. The molecule has 0 spiro atoms. The Hall–Kier alpha value is -2.18. The number of nitrogens with two attached hydrogens (primary N) is 1. The van der Waals surface area contributed by atoms with Crippen molar-refractivity contribution in [1.82, 2.24) is 5.32 Å². The van der Waals surface area contributed by atoms with Crippen LogP contribution in [0.5, 0.6) is 0 Å². The molecule has 104 valence electrons. The van der Waals surface area contributed by atoms with Gasteiger partial charge in [-0.05, 0) is 18.9 Å². The van der Waals surface area contributed by atoms with Crippen LogP contribution in [0, 0.1) is 15.9 Å². The molecule has 1 amide bonds. The highest BCUT2D eigenvalue weighted by Gasteiger charge is 2.24. The zero-order chi connectivity index (χ0) is 14.6. The molecule has 0 fully saturated rings. The van der Waals surface area contributed by atoms with Gasteiger partial charge in [0.1, 0.15) is 17.1 Å². The normalized spacial score (nSPS) is 10.5. The average Bonchev–Trinajstić information content (AvgIpc) is 2.35. The molecule has 0 saturated carbocycles. The molecular weight excluding hydrogens is 253 g/mol. The largest absolute Gasteiger partial charge is 0.392 e. The molecule has 19 heavy (non-hydrogen) atoms. The number of halogens is 1. The monoisotopic (exact) mass is 269 g/mol. The van der Waals surface area contributed by atoms with Crippen molar-refractivity contribution >= 4 is 17.3 Å². The maximum atomic E-state index is 13.6. The summed E-state index contributed by atoms with van der Waals surface area (Å²) in [6.07, 6.45) is 1.36. The predicted molar refractivity (Wildman–Crippen MR) is 69.3 cm³/mol. The van der Waals surface area contributed by atoms with E-state index in [9.17, 15) is 19.3 Å². The first kappa shape index (κ1) is 14.9. The zero-order valence-electron chi connectivity index (χ0n) is 10.8. The van der Waals surface area contributed by atoms with Gasteiger partial charge in [0.25, 0.3) is 11.6 Å². The summed E-state index contributed by atoms with van der Waals surface area (Å²) in [5.74, 6) is -1.60. The number of hydrogen-bond acceptors (Lipinski definition) is 4. The molecule has 0 aromatic heterocycles. The van der Waals surface area contributed by atoms with Crippen LogP contribution >= 0.6 is 0 Å². The van der Waals surface area contributed by atoms with Crippen LogP contribution in [0.15, 0.2) is 12.1 Å². The Labute approximate surface area is 109 Å². The van der Waals surface area contributed by atoms with Crippen LogP contribution in [0.3, 0.4) is 0 Å². The van der Waals surface area contributed by atoms with Crippen molar-refractivity contribution in [2.24, 2.45) is 0 Å². The van der Waals surface area contributed by atoms with Crippen LogP contribution in [0.1, 0.15) is 37.0 Å². The maximum Gasteiger partial charge on any atom is 0.293 e. The highest BCUT2D eigenvalue weighted by Crippen LogP contribution is 2.27. The predicted octanol–water partition coefficient (Wildman–Crippen LogP) is 2.23. The molecular formula is C12H16FN3O3. The molecule has 0 heterocycles. The molecule has 0 saturated heterocycles. The maximum absolute atomic E-state index is 13.6. The first-order valence-corrected chi connectivity index (χ1v) is 5.95. The number of hydrogen-bond donors (Lipinski definition) is 2. The summed E-state index contributed by atoms with van der Waals surface area (Å²) in [5, 5.41) is 13.3. The zero-order valence-corrected chi connectivity index (χ0v) is 10.8. The van der Waals surface area contributed by atoms with E-state index >= 15 is 0 Å². The van der Waals surface area contributed by atoms with Crippen molar-refractivity contribution < 1.29 is 14.1 Å². The third-order valence-electron chi connectivity index (χ3n) is 2.92. The Morgan fingerprint density at radius 1 is 1.47 bits per heavy atom. The van der Waals surface area contributed by atoms with Gasteiger partial charge in [-0.1, -0.05) is 13.8 Å². The Balaban J connectivity index is 3.15. The summed E-state index contributed by atoms with van der Waals surface area (Å²) < 4.78 is 13.6. The number of nitro groups is 1. The summed E-state index contributed by atoms with van der Waals surface area (Å²) in [6, 6.07) is 1.69. The van der Waals surface area contributed by atoms with Crippen LogP contribution in [0.25, 0.3) is 0 Å². The molecule has 0 atom stereocenters. The third kappa shape index (κ3) is 3.18. The quantitative estimate of drug-likeness (QED) is 0.486. The van der Waals surface area contributed by atoms with Crippen LogP contribution < -0.4 is 11.1 Å². The average molecular weight is 269 g/mol. The number of nitro benzene ring substituents is 1. The van der Waals surface area contributed by atoms with Gasteiger partial charge < -0.3 is 11.1 Å². The second-order valence-electron chi connectivity index (χ2n) is 4.10. The van der Waals surface area contributed by atoms with Crippen LogP contribution in [-0.2, 0) is 0 Å². The fraction of sp³-hybridized carbons (Fsp3) is 0.417. The molecule has 7 heteroatoms. The van der Waals surface area contributed by atoms with Gasteiger partial charge in [0.2, 0.25) is 0 Å². The van der Waals surface area contributed by atoms with Gasteiger partial charge in [0.05, 0.1) is 4.92 Å². The van der Waals surface area contributed by atoms with Gasteiger partial charge in [0, 0.05) is 12.1 Å². The minimum atomic E-state index is -0.869. The smallest absolute Gasteiger partial charge is 0.293 e. The second-order valence-corrected chi connectivity index (χ2v) is 4.10. The van der Waals surface area contributed by atoms with Crippen LogP contribution in [0.2, 0.25) is 0 Å². The highest BCUT2D eigenvalue weighted by molar-refractivity contribution is 6.01. The van der Waals surface area contributed by atoms with Gasteiger partial charge >= 0.3 is 0 Å². The summed E-state index contributed by atoms with van der Waals surface area (Å²) in [6.45, 7) is 3.75. The number of nitrogens with zero attached hydrogens (tertiary/aromatic N) is 1. The van der Waals surface area contributed by atoms with Crippen molar-refractivity contribution in [2.75, 3.05) is 5.73 Å². The summed E-state index contributed by atoms with van der Waals surface area (Å²) in [7, 11) is 0. The molecule has 6 nitrogen and oxygen atoms in total. The number of rotatable bonds is 5. The fourth-order valence-electron chi connectivity index (χ4n) is 1.72. The summed E-state index contributed by atoms with van der Waals surface area (Å²) in [4.78, 5) is 21.9. The van der Waals surface area contributed by atoms with E-state index in [4.69, 9.17) is 5.73 Å². The molecule has 1 aromatic carbocycles. The van der Waals surface area contributed by atoms with Crippen molar-refractivity contribution in [2.45, 2.75) is 32.7 Å². The number of carbonyl (C=O) groups excluding carboxylic acids is 1. The van der Waals surface area contributed by atoms with E-state index in [0.29, 0.717) is 12.8 Å². The Morgan fingerprint density at radius 2 is 2.05 bits per heavy atom. The number of nitrogens with one attached hydrogen (secondary N) is 1. The molecule has 0 unspecified atom stereocenters. The van der Waals surface area contributed by atoms with Gasteiger partial charge in [-0.15, -0.1) is 0 Å². The standard InChI is InChI=1S/C12H16FN3O3/c1-3-7(4-2)15-12(17)10-8(13)5-6-9(11(10)14)16(18)19/h5-7H,3-4,14H2,1-2H3,(H,15,17). The van der Waals surface area contributed by atoms with Crippen molar-refractivity contribution in [3.63, 3.8) is 0 Å². The minimum absolute atomic E-state index is 0.120. The number of carbonyl (C=O) groups is 1. The number of amides is 1. The van der Waals surface area contributed by atoms with E-state index in [1.807, 2.05) is 13.8 Å². The molecule has 3 N–H and O–H groups in total. The van der Waals surface area contributed by atoms with Crippen molar-refractivity contribution in [3.05, 3.63) is 33.6 Å². The Morgan fingerprint density at radius 3 is 2.53 bits per heavy atom. The van der Waals surface area contributed by atoms with Crippen LogP contribution in [-0.4, -0.2) is 16.9 Å².